The Hall–Kier alpha value is -2.74. The molecule has 2 rings (SSSR count). The normalized spacial score (nSPS) is 12.3. The first-order valence-corrected chi connectivity index (χ1v) is 9.58. The summed E-state index contributed by atoms with van der Waals surface area (Å²) in [5, 5.41) is 2.62. The summed E-state index contributed by atoms with van der Waals surface area (Å²) in [6.07, 6.45) is 1.03. The molecule has 0 aromatic heterocycles. The Labute approximate surface area is 150 Å². The molecule has 2 aromatic rings. The Kier molecular flexibility index (Phi) is 6.10. The van der Waals surface area contributed by atoms with Gasteiger partial charge in [0, 0.05) is 6.26 Å². The lowest BCUT2D eigenvalue weighted by molar-refractivity contribution is -0.124. The van der Waals surface area contributed by atoms with Crippen molar-refractivity contribution < 1.29 is 27.1 Å². The van der Waals surface area contributed by atoms with E-state index in [-0.39, 0.29) is 16.3 Å². The first kappa shape index (κ1) is 19.6. The number of esters is 1. The Morgan fingerprint density at radius 2 is 1.81 bits per heavy atom. The van der Waals surface area contributed by atoms with Gasteiger partial charge in [0.05, 0.1) is 16.5 Å². The molecular formula is C18H18FNO5S. The van der Waals surface area contributed by atoms with Crippen molar-refractivity contribution in [1.29, 1.82) is 0 Å². The second kappa shape index (κ2) is 8.09. The number of hydrogen-bond donors (Lipinski definition) is 1. The molecule has 0 saturated heterocycles. The van der Waals surface area contributed by atoms with Crippen LogP contribution in [0.25, 0.3) is 0 Å². The van der Waals surface area contributed by atoms with Crippen molar-refractivity contribution in [2.75, 3.05) is 12.9 Å². The van der Waals surface area contributed by atoms with Gasteiger partial charge in [-0.05, 0) is 42.8 Å². The highest BCUT2D eigenvalue weighted by Crippen LogP contribution is 2.14. The molecule has 1 amide bonds. The maximum atomic E-state index is 12.9. The quantitative estimate of drug-likeness (QED) is 0.778. The van der Waals surface area contributed by atoms with E-state index in [0.29, 0.717) is 5.56 Å². The summed E-state index contributed by atoms with van der Waals surface area (Å²) in [7, 11) is -3.45. The zero-order valence-corrected chi connectivity index (χ0v) is 15.0. The van der Waals surface area contributed by atoms with E-state index in [4.69, 9.17) is 4.74 Å². The van der Waals surface area contributed by atoms with E-state index in [1.165, 1.54) is 36.4 Å². The van der Waals surface area contributed by atoms with Crippen LogP contribution < -0.4 is 5.32 Å². The van der Waals surface area contributed by atoms with E-state index in [9.17, 15) is 22.4 Å². The van der Waals surface area contributed by atoms with Crippen LogP contribution in [0.5, 0.6) is 0 Å². The monoisotopic (exact) mass is 379 g/mol. The molecule has 0 aliphatic rings. The standard InChI is InChI=1S/C18H18FNO5S/c1-12(13-6-8-15(19)9-7-13)20-17(21)11-25-18(22)14-4-3-5-16(10-14)26(2,23)24/h3-10,12H,11H2,1-2H3,(H,20,21)/t12-/m1/s1. The van der Waals surface area contributed by atoms with Gasteiger partial charge in [0.25, 0.3) is 5.91 Å². The van der Waals surface area contributed by atoms with Gasteiger partial charge < -0.3 is 10.1 Å². The number of carbonyl (C=O) groups is 2. The molecule has 0 fully saturated rings. The number of hydrogen-bond acceptors (Lipinski definition) is 5. The Morgan fingerprint density at radius 3 is 2.42 bits per heavy atom. The molecule has 8 heteroatoms. The van der Waals surface area contributed by atoms with Gasteiger partial charge in [-0.1, -0.05) is 18.2 Å². The molecule has 0 unspecified atom stereocenters. The van der Waals surface area contributed by atoms with E-state index in [0.717, 1.165) is 6.26 Å². The van der Waals surface area contributed by atoms with E-state index in [2.05, 4.69) is 5.32 Å². The number of benzene rings is 2. The van der Waals surface area contributed by atoms with E-state index < -0.39 is 34.4 Å². The maximum Gasteiger partial charge on any atom is 0.338 e. The predicted octanol–water partition coefficient (Wildman–Crippen LogP) is 2.26. The minimum absolute atomic E-state index is 0.0127. The SMILES string of the molecule is C[C@@H](NC(=O)COC(=O)c1cccc(S(C)(=O)=O)c1)c1ccc(F)cc1. The first-order chi connectivity index (χ1) is 12.2. The van der Waals surface area contributed by atoms with Crippen LogP contribution in [0.3, 0.4) is 0 Å². The largest absolute Gasteiger partial charge is 0.452 e. The highest BCUT2D eigenvalue weighted by Gasteiger charge is 2.15. The fraction of sp³-hybridized carbons (Fsp3) is 0.222. The lowest BCUT2D eigenvalue weighted by Crippen LogP contribution is -2.31. The molecule has 0 spiro atoms. The van der Waals surface area contributed by atoms with Gasteiger partial charge in [-0.15, -0.1) is 0 Å². The summed E-state index contributed by atoms with van der Waals surface area (Å²) in [6, 6.07) is 10.6. The maximum absolute atomic E-state index is 12.9. The van der Waals surface area contributed by atoms with Crippen molar-refractivity contribution in [3.8, 4) is 0 Å². The number of rotatable bonds is 6. The lowest BCUT2D eigenvalue weighted by atomic mass is 10.1. The van der Waals surface area contributed by atoms with Crippen molar-refractivity contribution in [2.24, 2.45) is 0 Å². The number of halogens is 1. The summed E-state index contributed by atoms with van der Waals surface area (Å²) >= 11 is 0. The van der Waals surface area contributed by atoms with Gasteiger partial charge in [-0.3, -0.25) is 4.79 Å². The fourth-order valence-electron chi connectivity index (χ4n) is 2.19. The number of carbonyl (C=O) groups excluding carboxylic acids is 2. The Balaban J connectivity index is 1.92. The van der Waals surface area contributed by atoms with E-state index >= 15 is 0 Å². The van der Waals surface area contributed by atoms with Crippen LogP contribution in [0.2, 0.25) is 0 Å². The molecule has 138 valence electrons. The molecule has 0 aliphatic heterocycles. The average Bonchev–Trinajstić information content (AvgIpc) is 2.59. The third kappa shape index (κ3) is 5.38. The van der Waals surface area contributed by atoms with E-state index in [1.54, 1.807) is 19.1 Å². The summed E-state index contributed by atoms with van der Waals surface area (Å²) in [5.74, 6) is -1.72. The van der Waals surface area contributed by atoms with Crippen LogP contribution in [0.15, 0.2) is 53.4 Å². The lowest BCUT2D eigenvalue weighted by Gasteiger charge is -2.14. The van der Waals surface area contributed by atoms with Crippen LogP contribution in [-0.4, -0.2) is 33.2 Å². The predicted molar refractivity (Wildman–Crippen MR) is 92.8 cm³/mol. The summed E-state index contributed by atoms with van der Waals surface area (Å²) in [5.41, 5.74) is 0.735. The molecule has 1 atom stereocenters. The smallest absolute Gasteiger partial charge is 0.338 e. The van der Waals surface area contributed by atoms with Gasteiger partial charge >= 0.3 is 5.97 Å². The van der Waals surface area contributed by atoms with Gasteiger partial charge in [0.2, 0.25) is 0 Å². The van der Waals surface area contributed by atoms with Crippen molar-refractivity contribution >= 4 is 21.7 Å². The fourth-order valence-corrected chi connectivity index (χ4v) is 2.85. The van der Waals surface area contributed by atoms with Crippen molar-refractivity contribution in [1.82, 2.24) is 5.32 Å². The molecule has 6 nitrogen and oxygen atoms in total. The minimum atomic E-state index is -3.45. The second-order valence-electron chi connectivity index (χ2n) is 5.72. The first-order valence-electron chi connectivity index (χ1n) is 7.69. The molecule has 0 heterocycles. The van der Waals surface area contributed by atoms with Crippen molar-refractivity contribution in [3.63, 3.8) is 0 Å². The van der Waals surface area contributed by atoms with Crippen LogP contribution in [-0.2, 0) is 19.4 Å². The number of sulfone groups is 1. The zero-order valence-electron chi connectivity index (χ0n) is 14.2. The number of amides is 1. The van der Waals surface area contributed by atoms with Crippen molar-refractivity contribution in [2.45, 2.75) is 17.9 Å². The Bertz CT molecular complexity index is 909. The minimum Gasteiger partial charge on any atom is -0.452 e. The number of ether oxygens (including phenoxy) is 1. The van der Waals surface area contributed by atoms with Crippen LogP contribution in [0.1, 0.15) is 28.9 Å². The van der Waals surface area contributed by atoms with Gasteiger partial charge in [-0.2, -0.15) is 0 Å². The summed E-state index contributed by atoms with van der Waals surface area (Å²) in [6.45, 7) is 1.19. The Morgan fingerprint density at radius 1 is 1.15 bits per heavy atom. The topological polar surface area (TPSA) is 89.5 Å². The highest BCUT2D eigenvalue weighted by atomic mass is 32.2. The van der Waals surface area contributed by atoms with E-state index in [1.807, 2.05) is 0 Å². The van der Waals surface area contributed by atoms with Crippen LogP contribution in [0, 0.1) is 5.82 Å². The molecule has 2 aromatic carbocycles. The van der Waals surface area contributed by atoms with Crippen LogP contribution >= 0.6 is 0 Å². The van der Waals surface area contributed by atoms with Gasteiger partial charge in [-0.25, -0.2) is 17.6 Å². The molecule has 0 aliphatic carbocycles. The highest BCUT2D eigenvalue weighted by molar-refractivity contribution is 7.90. The van der Waals surface area contributed by atoms with Gasteiger partial charge in [0.15, 0.2) is 16.4 Å². The second-order valence-corrected chi connectivity index (χ2v) is 7.73. The summed E-state index contributed by atoms with van der Waals surface area (Å²) < 4.78 is 40.8. The van der Waals surface area contributed by atoms with Crippen molar-refractivity contribution in [3.05, 3.63) is 65.5 Å². The molecule has 26 heavy (non-hydrogen) atoms. The zero-order chi connectivity index (χ0) is 19.3. The average molecular weight is 379 g/mol. The molecule has 1 N–H and O–H groups in total. The number of nitrogens with one attached hydrogen (secondary N) is 1. The van der Waals surface area contributed by atoms with Crippen LogP contribution in [0.4, 0.5) is 4.39 Å². The summed E-state index contributed by atoms with van der Waals surface area (Å²) in [4.78, 5) is 23.9. The molecule has 0 saturated carbocycles. The third-order valence-electron chi connectivity index (χ3n) is 3.58. The molecular weight excluding hydrogens is 361 g/mol. The molecule has 0 bridgehead atoms. The molecule has 0 radical (unpaired) electrons. The third-order valence-corrected chi connectivity index (χ3v) is 4.69. The van der Waals surface area contributed by atoms with Gasteiger partial charge in [0.1, 0.15) is 5.82 Å².